The second-order valence-electron chi connectivity index (χ2n) is 4.36. The van der Waals surface area contributed by atoms with Crippen molar-refractivity contribution >= 4 is 12.6 Å². The number of ether oxygens (including phenoxy) is 2. The van der Waals surface area contributed by atoms with Gasteiger partial charge in [0.25, 0.3) is 0 Å². The van der Waals surface area contributed by atoms with Gasteiger partial charge in [-0.05, 0) is 13.3 Å². The maximum absolute atomic E-state index is 11.7. The van der Waals surface area contributed by atoms with Crippen molar-refractivity contribution in [1.82, 2.24) is 9.80 Å². The molecule has 1 amide bonds. The molecule has 0 saturated carbocycles. The number of rotatable bonds is 6. The summed E-state index contributed by atoms with van der Waals surface area (Å²) in [6.07, 6.45) is 0.555. The monoisotopic (exact) mass is 257 g/mol. The first kappa shape index (κ1) is 14.8. The number of nitrogens with zero attached hydrogens (tertiary/aromatic N) is 2. The van der Waals surface area contributed by atoms with Gasteiger partial charge < -0.3 is 14.4 Å². The quantitative estimate of drug-likeness (QED) is 0.653. The minimum atomic E-state index is -0.235. The van der Waals surface area contributed by atoms with E-state index in [1.807, 2.05) is 13.8 Å². The minimum Gasteiger partial charge on any atom is -0.456 e. The molecule has 0 aromatic rings. The van der Waals surface area contributed by atoms with Crippen molar-refractivity contribution in [1.29, 1.82) is 0 Å². The van der Waals surface area contributed by atoms with E-state index in [0.29, 0.717) is 26.2 Å². The van der Waals surface area contributed by atoms with Gasteiger partial charge in [0.15, 0.2) is 0 Å². The largest absolute Gasteiger partial charge is 0.456 e. The van der Waals surface area contributed by atoms with Crippen molar-refractivity contribution in [2.45, 2.75) is 26.4 Å². The van der Waals surface area contributed by atoms with Crippen LogP contribution in [0.15, 0.2) is 0 Å². The molecule has 6 nitrogen and oxygen atoms in total. The van der Waals surface area contributed by atoms with Crippen LogP contribution in [0, 0.1) is 0 Å². The topological polar surface area (TPSA) is 59.1 Å². The van der Waals surface area contributed by atoms with Gasteiger partial charge in [-0.3, -0.25) is 4.90 Å². The van der Waals surface area contributed by atoms with Crippen molar-refractivity contribution in [2.24, 2.45) is 0 Å². The Morgan fingerprint density at radius 3 is 2.56 bits per heavy atom. The fraction of sp³-hybridized carbons (Fsp3) is 0.833. The maximum Gasteiger partial charge on any atom is 0.417 e. The smallest absolute Gasteiger partial charge is 0.417 e. The van der Waals surface area contributed by atoms with Crippen LogP contribution in [0.3, 0.4) is 0 Å². The van der Waals surface area contributed by atoms with Crippen LogP contribution in [0.5, 0.6) is 0 Å². The normalized spacial score (nSPS) is 18.2. The molecule has 0 spiro atoms. The van der Waals surface area contributed by atoms with Crippen LogP contribution >= 0.6 is 0 Å². The molecule has 1 saturated heterocycles. The molecular weight excluding hydrogens is 236 g/mol. The van der Waals surface area contributed by atoms with E-state index in [2.05, 4.69) is 9.64 Å². The zero-order valence-electron chi connectivity index (χ0n) is 11.1. The molecule has 103 valence electrons. The van der Waals surface area contributed by atoms with Crippen molar-refractivity contribution in [2.75, 3.05) is 39.3 Å². The maximum atomic E-state index is 11.7. The summed E-state index contributed by atoms with van der Waals surface area (Å²) in [4.78, 5) is 25.5. The lowest BCUT2D eigenvalue weighted by atomic mass is 10.3. The first-order valence-corrected chi connectivity index (χ1v) is 6.34. The molecule has 1 radical (unpaired) electrons. The van der Waals surface area contributed by atoms with Gasteiger partial charge in [-0.1, -0.05) is 6.92 Å². The van der Waals surface area contributed by atoms with Gasteiger partial charge in [0.05, 0.1) is 0 Å². The third-order valence-corrected chi connectivity index (χ3v) is 3.08. The van der Waals surface area contributed by atoms with Crippen LogP contribution in [0.1, 0.15) is 20.3 Å². The molecule has 1 unspecified atom stereocenters. The fourth-order valence-electron chi connectivity index (χ4n) is 1.70. The van der Waals surface area contributed by atoms with Crippen LogP contribution in [0.2, 0.25) is 0 Å². The Morgan fingerprint density at radius 2 is 2.00 bits per heavy atom. The molecule has 1 atom stereocenters. The van der Waals surface area contributed by atoms with Crippen LogP contribution in [-0.4, -0.2) is 67.8 Å². The molecule has 1 aliphatic heterocycles. The first-order chi connectivity index (χ1) is 8.67. The highest BCUT2D eigenvalue weighted by Gasteiger charge is 2.22. The molecule has 0 bridgehead atoms. The summed E-state index contributed by atoms with van der Waals surface area (Å²) in [7, 11) is 0. The number of piperazine rings is 1. The van der Waals surface area contributed by atoms with Gasteiger partial charge in [-0.15, -0.1) is 0 Å². The molecular formula is C12H21N2O4. The van der Waals surface area contributed by atoms with E-state index >= 15 is 0 Å². The third kappa shape index (κ3) is 4.91. The van der Waals surface area contributed by atoms with Gasteiger partial charge in [0.2, 0.25) is 0 Å². The second kappa shape index (κ2) is 7.92. The van der Waals surface area contributed by atoms with E-state index in [1.54, 1.807) is 4.90 Å². The lowest BCUT2D eigenvalue weighted by molar-refractivity contribution is 0.0484. The van der Waals surface area contributed by atoms with Crippen molar-refractivity contribution < 1.29 is 19.1 Å². The number of amides is 1. The molecule has 0 aromatic carbocycles. The molecule has 1 aliphatic rings. The Kier molecular flexibility index (Phi) is 6.49. The zero-order chi connectivity index (χ0) is 13.4. The van der Waals surface area contributed by atoms with Crippen molar-refractivity contribution in [3.63, 3.8) is 0 Å². The molecule has 1 heterocycles. The fourth-order valence-corrected chi connectivity index (χ4v) is 1.70. The number of carbonyl (C=O) groups is 1. The summed E-state index contributed by atoms with van der Waals surface area (Å²) < 4.78 is 9.79. The van der Waals surface area contributed by atoms with E-state index in [9.17, 15) is 9.59 Å². The van der Waals surface area contributed by atoms with Crippen molar-refractivity contribution in [3.05, 3.63) is 0 Å². The Morgan fingerprint density at radius 1 is 1.33 bits per heavy atom. The lowest BCUT2D eigenvalue weighted by Gasteiger charge is -2.34. The average Bonchev–Trinajstić information content (AvgIpc) is 2.39. The molecule has 0 N–H and O–H groups in total. The lowest BCUT2D eigenvalue weighted by Crippen LogP contribution is -2.49. The van der Waals surface area contributed by atoms with E-state index in [0.717, 1.165) is 19.5 Å². The van der Waals surface area contributed by atoms with Crippen LogP contribution < -0.4 is 0 Å². The van der Waals surface area contributed by atoms with E-state index in [1.165, 1.54) is 6.47 Å². The Labute approximate surface area is 108 Å². The van der Waals surface area contributed by atoms with Crippen LogP contribution in [-0.2, 0) is 14.3 Å². The van der Waals surface area contributed by atoms with Gasteiger partial charge in [-0.25, -0.2) is 9.59 Å². The summed E-state index contributed by atoms with van der Waals surface area (Å²) >= 11 is 0. The summed E-state index contributed by atoms with van der Waals surface area (Å²) in [5.74, 6) is 0. The van der Waals surface area contributed by atoms with E-state index in [-0.39, 0.29) is 12.2 Å². The summed E-state index contributed by atoms with van der Waals surface area (Å²) in [5.41, 5.74) is 0. The highest BCUT2D eigenvalue weighted by molar-refractivity contribution is 5.67. The van der Waals surface area contributed by atoms with E-state index < -0.39 is 0 Å². The second-order valence-corrected chi connectivity index (χ2v) is 4.36. The summed E-state index contributed by atoms with van der Waals surface area (Å²) in [6, 6.07) is 0. The molecule has 0 aliphatic carbocycles. The molecule has 6 heteroatoms. The number of hydrogen-bond donors (Lipinski definition) is 0. The SMILES string of the molecule is CCC(C)OC(=O)N1CCN(CCO[C]=O)CC1. The van der Waals surface area contributed by atoms with Gasteiger partial charge in [0.1, 0.15) is 12.7 Å². The molecule has 0 aromatic heterocycles. The van der Waals surface area contributed by atoms with Gasteiger partial charge in [0, 0.05) is 32.7 Å². The highest BCUT2D eigenvalue weighted by atomic mass is 16.6. The Bertz CT molecular complexity index is 265. The predicted molar refractivity (Wildman–Crippen MR) is 65.9 cm³/mol. The minimum absolute atomic E-state index is 0.0351. The van der Waals surface area contributed by atoms with Crippen LogP contribution in [0.25, 0.3) is 0 Å². The summed E-state index contributed by atoms with van der Waals surface area (Å²) in [6.45, 7) is 9.17. The highest BCUT2D eigenvalue weighted by Crippen LogP contribution is 2.06. The van der Waals surface area contributed by atoms with Gasteiger partial charge in [-0.2, -0.15) is 0 Å². The third-order valence-electron chi connectivity index (χ3n) is 3.08. The average molecular weight is 257 g/mol. The number of carbonyl (C=O) groups excluding carboxylic acids is 2. The van der Waals surface area contributed by atoms with Gasteiger partial charge >= 0.3 is 12.6 Å². The molecule has 18 heavy (non-hydrogen) atoms. The Balaban J connectivity index is 2.21. The predicted octanol–water partition coefficient (Wildman–Crippen LogP) is 0.623. The zero-order valence-corrected chi connectivity index (χ0v) is 11.1. The van der Waals surface area contributed by atoms with Crippen molar-refractivity contribution in [3.8, 4) is 0 Å². The standard InChI is InChI=1S/C12H21N2O4/c1-3-11(2)18-12(16)14-6-4-13(5-7-14)8-9-17-10-15/h11H,3-9H2,1-2H3. The Hall–Kier alpha value is -1.30. The van der Waals surface area contributed by atoms with E-state index in [4.69, 9.17) is 4.74 Å². The number of hydrogen-bond acceptors (Lipinski definition) is 5. The summed E-state index contributed by atoms with van der Waals surface area (Å²) in [5, 5.41) is 0. The molecule has 1 rings (SSSR count). The van der Waals surface area contributed by atoms with Crippen LogP contribution in [0.4, 0.5) is 4.79 Å². The first-order valence-electron chi connectivity index (χ1n) is 6.34. The molecule has 1 fully saturated rings.